The molecule has 0 saturated carbocycles. The molecule has 3 N–H and O–H groups in total. The van der Waals surface area contributed by atoms with Crippen LogP contribution >= 0.6 is 11.3 Å². The number of nitrogens with one attached hydrogen (secondary N) is 2. The van der Waals surface area contributed by atoms with Gasteiger partial charge in [-0.1, -0.05) is 0 Å². The average Bonchev–Trinajstić information content (AvgIpc) is 2.90. The number of aliphatic hydroxyl groups is 1. The van der Waals surface area contributed by atoms with E-state index in [1.807, 2.05) is 16.8 Å². The van der Waals surface area contributed by atoms with Gasteiger partial charge in [-0.15, -0.1) is 0 Å². The minimum atomic E-state index is -0.535. The average molecular weight is 286 g/mol. The number of carbonyl (C=O) groups is 2. The summed E-state index contributed by atoms with van der Waals surface area (Å²) in [6, 6.07) is 1.45. The van der Waals surface area contributed by atoms with E-state index in [1.165, 1.54) is 11.3 Å². The minimum Gasteiger partial charge on any atom is -0.450 e. The van der Waals surface area contributed by atoms with Gasteiger partial charge >= 0.3 is 6.09 Å². The predicted molar refractivity (Wildman–Crippen MR) is 71.9 cm³/mol. The minimum absolute atomic E-state index is 0.138. The number of alkyl carbamates (subject to hydrolysis) is 1. The molecule has 1 rings (SSSR count). The molecule has 6 nitrogen and oxygen atoms in total. The molecule has 0 bridgehead atoms. The van der Waals surface area contributed by atoms with Crippen LogP contribution in [0.3, 0.4) is 0 Å². The Morgan fingerprint density at radius 1 is 1.53 bits per heavy atom. The number of aliphatic hydroxyl groups excluding tert-OH is 1. The first-order chi connectivity index (χ1) is 9.17. The van der Waals surface area contributed by atoms with E-state index in [0.717, 1.165) is 5.56 Å². The second-order valence-corrected chi connectivity index (χ2v) is 4.54. The van der Waals surface area contributed by atoms with Gasteiger partial charge in [-0.3, -0.25) is 4.79 Å². The monoisotopic (exact) mass is 286 g/mol. The first-order valence-corrected chi connectivity index (χ1v) is 6.94. The number of rotatable bonds is 7. The van der Waals surface area contributed by atoms with Gasteiger partial charge in [0.05, 0.1) is 19.3 Å². The Hall–Kier alpha value is -1.60. The molecule has 19 heavy (non-hydrogen) atoms. The van der Waals surface area contributed by atoms with E-state index >= 15 is 0 Å². The number of thiophene rings is 1. The lowest BCUT2D eigenvalue weighted by atomic mass is 10.1. The van der Waals surface area contributed by atoms with Crippen LogP contribution in [0.4, 0.5) is 4.79 Å². The number of amides is 2. The molecule has 106 valence electrons. The summed E-state index contributed by atoms with van der Waals surface area (Å²) in [7, 11) is 0. The van der Waals surface area contributed by atoms with E-state index in [4.69, 9.17) is 0 Å². The Balaban J connectivity index is 2.28. The summed E-state index contributed by atoms with van der Waals surface area (Å²) in [5, 5.41) is 18.1. The molecule has 0 aromatic carbocycles. The molecule has 0 aliphatic rings. The fourth-order valence-electron chi connectivity index (χ4n) is 1.43. The first-order valence-electron chi connectivity index (χ1n) is 6.00. The van der Waals surface area contributed by atoms with Crippen LogP contribution in [0.2, 0.25) is 0 Å². The quantitative estimate of drug-likeness (QED) is 0.698. The van der Waals surface area contributed by atoms with Crippen molar-refractivity contribution in [3.63, 3.8) is 0 Å². The summed E-state index contributed by atoms with van der Waals surface area (Å²) in [6.07, 6.45) is -0.397. The van der Waals surface area contributed by atoms with Crippen molar-refractivity contribution in [1.29, 1.82) is 0 Å². The smallest absolute Gasteiger partial charge is 0.407 e. The molecule has 0 aliphatic carbocycles. The lowest BCUT2D eigenvalue weighted by Crippen LogP contribution is -2.34. The fraction of sp³-hybridized carbons (Fsp3) is 0.500. The molecule has 0 radical (unpaired) electrons. The molecule has 1 heterocycles. The van der Waals surface area contributed by atoms with Crippen molar-refractivity contribution in [2.45, 2.75) is 19.4 Å². The number of ether oxygens (including phenoxy) is 1. The fourth-order valence-corrected chi connectivity index (χ4v) is 2.15. The third kappa shape index (κ3) is 5.71. The lowest BCUT2D eigenvalue weighted by Gasteiger charge is -2.15. The Kier molecular flexibility index (Phi) is 6.91. The van der Waals surface area contributed by atoms with E-state index in [2.05, 4.69) is 15.4 Å². The van der Waals surface area contributed by atoms with Crippen LogP contribution in [0.1, 0.15) is 24.9 Å². The van der Waals surface area contributed by atoms with Gasteiger partial charge in [-0.2, -0.15) is 11.3 Å². The maximum absolute atomic E-state index is 11.6. The van der Waals surface area contributed by atoms with E-state index in [0.29, 0.717) is 6.61 Å². The SMILES string of the molecule is CCOC(=O)NCCC(=O)NC(CO)c1ccsc1. The van der Waals surface area contributed by atoms with Gasteiger partial charge < -0.3 is 20.5 Å². The summed E-state index contributed by atoms with van der Waals surface area (Å²) in [4.78, 5) is 22.6. The molecule has 1 atom stereocenters. The zero-order valence-corrected chi connectivity index (χ0v) is 11.5. The maximum Gasteiger partial charge on any atom is 0.407 e. The van der Waals surface area contributed by atoms with E-state index in [1.54, 1.807) is 6.92 Å². The van der Waals surface area contributed by atoms with Crippen LogP contribution in [-0.2, 0) is 9.53 Å². The van der Waals surface area contributed by atoms with Crippen molar-refractivity contribution in [3.8, 4) is 0 Å². The normalized spacial score (nSPS) is 11.7. The van der Waals surface area contributed by atoms with Crippen molar-refractivity contribution < 1.29 is 19.4 Å². The van der Waals surface area contributed by atoms with Gasteiger partial charge in [-0.25, -0.2) is 4.79 Å². The van der Waals surface area contributed by atoms with Gasteiger partial charge in [-0.05, 0) is 29.3 Å². The predicted octanol–water partition coefficient (Wildman–Crippen LogP) is 1.03. The molecule has 0 spiro atoms. The van der Waals surface area contributed by atoms with Crippen molar-refractivity contribution in [3.05, 3.63) is 22.4 Å². The molecule has 1 aromatic heterocycles. The summed E-state index contributed by atoms with van der Waals surface area (Å²) < 4.78 is 4.66. The molecule has 1 aromatic rings. The molecular weight excluding hydrogens is 268 g/mol. The van der Waals surface area contributed by atoms with E-state index in [-0.39, 0.29) is 25.5 Å². The highest BCUT2D eigenvalue weighted by Gasteiger charge is 2.13. The van der Waals surface area contributed by atoms with Crippen LogP contribution in [0.5, 0.6) is 0 Å². The van der Waals surface area contributed by atoms with Crippen LogP contribution in [0, 0.1) is 0 Å². The molecule has 2 amide bonds. The largest absolute Gasteiger partial charge is 0.450 e. The number of carbonyl (C=O) groups excluding carboxylic acids is 2. The molecule has 1 unspecified atom stereocenters. The molecule has 0 saturated heterocycles. The summed E-state index contributed by atoms with van der Waals surface area (Å²) >= 11 is 1.50. The Morgan fingerprint density at radius 3 is 2.89 bits per heavy atom. The standard InChI is InChI=1S/C12H18N2O4S/c1-2-18-12(17)13-5-3-11(16)14-10(7-15)9-4-6-19-8-9/h4,6,8,10,15H,2-3,5,7H2,1H3,(H,13,17)(H,14,16). The Morgan fingerprint density at radius 2 is 2.32 bits per heavy atom. The lowest BCUT2D eigenvalue weighted by molar-refractivity contribution is -0.122. The first kappa shape index (κ1) is 15.5. The van der Waals surface area contributed by atoms with Crippen molar-refractivity contribution in [2.24, 2.45) is 0 Å². The van der Waals surface area contributed by atoms with Crippen LogP contribution < -0.4 is 10.6 Å². The van der Waals surface area contributed by atoms with Crippen molar-refractivity contribution >= 4 is 23.3 Å². The summed E-state index contributed by atoms with van der Waals surface area (Å²) in [5.41, 5.74) is 0.874. The second-order valence-electron chi connectivity index (χ2n) is 3.76. The van der Waals surface area contributed by atoms with Gasteiger partial charge in [0.1, 0.15) is 0 Å². The Labute approximate surface area is 115 Å². The topological polar surface area (TPSA) is 87.7 Å². The van der Waals surface area contributed by atoms with Crippen LogP contribution in [0.15, 0.2) is 16.8 Å². The molecule has 0 fully saturated rings. The zero-order chi connectivity index (χ0) is 14.1. The Bertz CT molecular complexity index is 394. The van der Waals surface area contributed by atoms with Crippen LogP contribution in [0.25, 0.3) is 0 Å². The second kappa shape index (κ2) is 8.49. The summed E-state index contributed by atoms with van der Waals surface area (Å²) in [5.74, 6) is -0.234. The highest BCUT2D eigenvalue weighted by Crippen LogP contribution is 2.15. The third-order valence-corrected chi connectivity index (χ3v) is 3.06. The van der Waals surface area contributed by atoms with Gasteiger partial charge in [0.25, 0.3) is 0 Å². The van der Waals surface area contributed by atoms with E-state index in [9.17, 15) is 14.7 Å². The van der Waals surface area contributed by atoms with Gasteiger partial charge in [0, 0.05) is 13.0 Å². The van der Waals surface area contributed by atoms with Gasteiger partial charge in [0.15, 0.2) is 0 Å². The number of hydrogen-bond acceptors (Lipinski definition) is 5. The maximum atomic E-state index is 11.6. The van der Waals surface area contributed by atoms with Crippen LogP contribution in [-0.4, -0.2) is 36.9 Å². The van der Waals surface area contributed by atoms with Gasteiger partial charge in [0.2, 0.25) is 5.91 Å². The highest BCUT2D eigenvalue weighted by atomic mass is 32.1. The number of hydrogen-bond donors (Lipinski definition) is 3. The summed E-state index contributed by atoms with van der Waals surface area (Å²) in [6.45, 7) is 2.04. The van der Waals surface area contributed by atoms with Crippen molar-refractivity contribution in [1.82, 2.24) is 10.6 Å². The molecular formula is C12H18N2O4S. The molecule has 0 aliphatic heterocycles. The van der Waals surface area contributed by atoms with E-state index < -0.39 is 12.1 Å². The van der Waals surface area contributed by atoms with Crippen molar-refractivity contribution in [2.75, 3.05) is 19.8 Å². The molecule has 7 heteroatoms. The highest BCUT2D eigenvalue weighted by molar-refractivity contribution is 7.07. The zero-order valence-electron chi connectivity index (χ0n) is 10.7. The third-order valence-electron chi connectivity index (χ3n) is 2.36.